The van der Waals surface area contributed by atoms with Crippen LogP contribution in [0.25, 0.3) is 0 Å². The molecular formula is C9H15N3O3. The highest BCUT2D eigenvalue weighted by atomic mass is 16.5. The monoisotopic (exact) mass is 213 g/mol. The van der Waals surface area contributed by atoms with Gasteiger partial charge >= 0.3 is 5.97 Å². The van der Waals surface area contributed by atoms with E-state index >= 15 is 0 Å². The first-order valence-electron chi connectivity index (χ1n) is 4.69. The lowest BCUT2D eigenvalue weighted by molar-refractivity contribution is -0.153. The molecule has 0 fully saturated rings. The van der Waals surface area contributed by atoms with Crippen molar-refractivity contribution in [2.45, 2.75) is 25.6 Å². The van der Waals surface area contributed by atoms with Crippen molar-refractivity contribution in [1.29, 1.82) is 0 Å². The largest absolute Gasteiger partial charge is 0.479 e. The maximum atomic E-state index is 10.9. The average Bonchev–Trinajstić information content (AvgIpc) is 2.69. The van der Waals surface area contributed by atoms with Crippen LogP contribution in [0.1, 0.15) is 12.6 Å². The predicted molar refractivity (Wildman–Crippen MR) is 53.3 cm³/mol. The minimum atomic E-state index is -1.00. The van der Waals surface area contributed by atoms with Crippen LogP contribution in [0.3, 0.4) is 0 Å². The van der Waals surface area contributed by atoms with E-state index in [9.17, 15) is 4.79 Å². The molecule has 0 amide bonds. The van der Waals surface area contributed by atoms with Crippen LogP contribution in [0, 0.1) is 0 Å². The molecule has 0 radical (unpaired) electrons. The molecule has 6 nitrogen and oxygen atoms in total. The first-order valence-corrected chi connectivity index (χ1v) is 4.69. The quantitative estimate of drug-likeness (QED) is 0.606. The summed E-state index contributed by atoms with van der Waals surface area (Å²) in [7, 11) is 0. The molecule has 4 N–H and O–H groups in total. The predicted octanol–water partition coefficient (Wildman–Crippen LogP) is -0.231. The maximum absolute atomic E-state index is 10.9. The molecule has 0 unspecified atom stereocenters. The number of aromatic nitrogens is 2. The van der Waals surface area contributed by atoms with E-state index in [2.05, 4.69) is 9.97 Å². The first-order chi connectivity index (χ1) is 7.13. The summed E-state index contributed by atoms with van der Waals surface area (Å²) in [5.74, 6) is -1.00. The molecule has 0 saturated carbocycles. The smallest absolute Gasteiger partial charge is 0.333 e. The number of carbonyl (C=O) groups is 1. The Hall–Kier alpha value is -1.40. The molecule has 0 aliphatic heterocycles. The fraction of sp³-hybridized carbons (Fsp3) is 0.556. The second-order valence-electron chi connectivity index (χ2n) is 3.27. The Bertz CT molecular complexity index is 300. The molecule has 0 aliphatic rings. The number of imidazole rings is 1. The van der Waals surface area contributed by atoms with E-state index in [1.807, 2.05) is 0 Å². The topological polar surface area (TPSA) is 101 Å². The number of H-pyrrole nitrogens is 1. The van der Waals surface area contributed by atoms with Crippen LogP contribution < -0.4 is 5.73 Å². The number of ether oxygens (including phenoxy) is 1. The average molecular weight is 213 g/mol. The van der Waals surface area contributed by atoms with E-state index in [-0.39, 0.29) is 12.5 Å². The van der Waals surface area contributed by atoms with E-state index < -0.39 is 12.1 Å². The van der Waals surface area contributed by atoms with Crippen LogP contribution in [0.2, 0.25) is 0 Å². The van der Waals surface area contributed by atoms with Gasteiger partial charge < -0.3 is 20.6 Å². The van der Waals surface area contributed by atoms with Gasteiger partial charge in [-0.2, -0.15) is 0 Å². The molecule has 84 valence electrons. The number of carboxylic acids is 1. The van der Waals surface area contributed by atoms with E-state index in [1.165, 1.54) is 6.33 Å². The molecule has 15 heavy (non-hydrogen) atoms. The molecule has 0 saturated heterocycles. The van der Waals surface area contributed by atoms with Gasteiger partial charge in [-0.05, 0) is 6.92 Å². The van der Waals surface area contributed by atoms with Crippen LogP contribution in [0.4, 0.5) is 0 Å². The lowest BCUT2D eigenvalue weighted by atomic mass is 10.2. The second kappa shape index (κ2) is 5.47. The van der Waals surface area contributed by atoms with E-state index in [4.69, 9.17) is 15.6 Å². The molecule has 1 aromatic rings. The SMILES string of the molecule is C[C@H](CN)O[C@@H](Cc1c[nH]cn1)C(=O)O. The summed E-state index contributed by atoms with van der Waals surface area (Å²) in [6.07, 6.45) is 2.22. The van der Waals surface area contributed by atoms with Crippen LogP contribution in [-0.2, 0) is 16.0 Å². The summed E-state index contributed by atoms with van der Waals surface area (Å²) in [5, 5.41) is 8.91. The Balaban J connectivity index is 2.55. The molecule has 0 aliphatic carbocycles. The van der Waals surface area contributed by atoms with Crippen molar-refractivity contribution >= 4 is 5.97 Å². The zero-order chi connectivity index (χ0) is 11.3. The summed E-state index contributed by atoms with van der Waals surface area (Å²) in [4.78, 5) is 17.6. The van der Waals surface area contributed by atoms with E-state index in [0.717, 1.165) is 0 Å². The van der Waals surface area contributed by atoms with Gasteiger partial charge in [-0.25, -0.2) is 9.78 Å². The van der Waals surface area contributed by atoms with Crippen molar-refractivity contribution in [2.24, 2.45) is 5.73 Å². The van der Waals surface area contributed by atoms with Gasteiger partial charge in [0.05, 0.1) is 18.1 Å². The molecule has 6 heteroatoms. The molecule has 0 aromatic carbocycles. The summed E-state index contributed by atoms with van der Waals surface area (Å²) in [6, 6.07) is 0. The number of hydrogen-bond acceptors (Lipinski definition) is 4. The van der Waals surface area contributed by atoms with Crippen LogP contribution >= 0.6 is 0 Å². The lowest BCUT2D eigenvalue weighted by Gasteiger charge is -2.17. The molecule has 0 bridgehead atoms. The van der Waals surface area contributed by atoms with Crippen molar-refractivity contribution in [2.75, 3.05) is 6.54 Å². The number of nitrogens with two attached hydrogens (primary N) is 1. The van der Waals surface area contributed by atoms with Gasteiger partial charge in [-0.3, -0.25) is 0 Å². The van der Waals surface area contributed by atoms with Crippen molar-refractivity contribution in [3.05, 3.63) is 18.2 Å². The number of carboxylic acid groups (broad SMARTS) is 1. The Labute approximate surface area is 87.5 Å². The van der Waals surface area contributed by atoms with Gasteiger partial charge in [0.2, 0.25) is 0 Å². The van der Waals surface area contributed by atoms with E-state index in [1.54, 1.807) is 13.1 Å². The molecule has 1 heterocycles. The third kappa shape index (κ3) is 3.69. The molecule has 1 aromatic heterocycles. The van der Waals surface area contributed by atoms with Gasteiger partial charge in [-0.15, -0.1) is 0 Å². The van der Waals surface area contributed by atoms with Crippen LogP contribution in [-0.4, -0.2) is 39.8 Å². The number of hydrogen-bond donors (Lipinski definition) is 3. The fourth-order valence-corrected chi connectivity index (χ4v) is 1.12. The number of rotatable bonds is 6. The van der Waals surface area contributed by atoms with Crippen molar-refractivity contribution in [3.8, 4) is 0 Å². The van der Waals surface area contributed by atoms with Gasteiger partial charge in [0.15, 0.2) is 6.10 Å². The van der Waals surface area contributed by atoms with Gasteiger partial charge in [0.1, 0.15) is 0 Å². The number of aromatic amines is 1. The molecular weight excluding hydrogens is 198 g/mol. The molecule has 1 rings (SSSR count). The van der Waals surface area contributed by atoms with Crippen molar-refractivity contribution < 1.29 is 14.6 Å². The fourth-order valence-electron chi connectivity index (χ4n) is 1.12. The number of aliphatic carboxylic acids is 1. The highest BCUT2D eigenvalue weighted by Gasteiger charge is 2.21. The minimum Gasteiger partial charge on any atom is -0.479 e. The number of nitrogens with one attached hydrogen (secondary N) is 1. The van der Waals surface area contributed by atoms with Gasteiger partial charge in [0.25, 0.3) is 0 Å². The second-order valence-corrected chi connectivity index (χ2v) is 3.27. The zero-order valence-corrected chi connectivity index (χ0v) is 8.51. The summed E-state index contributed by atoms with van der Waals surface area (Å²) < 4.78 is 5.26. The Morgan fingerprint density at radius 3 is 3.00 bits per heavy atom. The molecule has 0 spiro atoms. The summed E-state index contributed by atoms with van der Waals surface area (Å²) in [6.45, 7) is 2.03. The third-order valence-electron chi connectivity index (χ3n) is 1.95. The van der Waals surface area contributed by atoms with Crippen molar-refractivity contribution in [3.63, 3.8) is 0 Å². The highest BCUT2D eigenvalue weighted by molar-refractivity contribution is 5.72. The lowest BCUT2D eigenvalue weighted by Crippen LogP contribution is -2.33. The van der Waals surface area contributed by atoms with Crippen LogP contribution in [0.15, 0.2) is 12.5 Å². The zero-order valence-electron chi connectivity index (χ0n) is 8.51. The van der Waals surface area contributed by atoms with Gasteiger partial charge in [0, 0.05) is 19.2 Å². The Morgan fingerprint density at radius 2 is 2.53 bits per heavy atom. The molecule has 2 atom stereocenters. The normalized spacial score (nSPS) is 14.8. The van der Waals surface area contributed by atoms with Crippen LogP contribution in [0.5, 0.6) is 0 Å². The van der Waals surface area contributed by atoms with E-state index in [0.29, 0.717) is 12.2 Å². The summed E-state index contributed by atoms with van der Waals surface area (Å²) in [5.41, 5.74) is 6.01. The highest BCUT2D eigenvalue weighted by Crippen LogP contribution is 2.05. The minimum absolute atomic E-state index is 0.239. The first kappa shape index (κ1) is 11.7. The Morgan fingerprint density at radius 1 is 1.80 bits per heavy atom. The Kier molecular flexibility index (Phi) is 4.26. The van der Waals surface area contributed by atoms with Crippen molar-refractivity contribution in [1.82, 2.24) is 9.97 Å². The third-order valence-corrected chi connectivity index (χ3v) is 1.95. The number of nitrogens with zero attached hydrogens (tertiary/aromatic N) is 1. The standard InChI is InChI=1S/C9H15N3O3/c1-6(3-10)15-8(9(13)14)2-7-4-11-5-12-7/h4-6,8H,2-3,10H2,1H3,(H,11,12)(H,13,14)/t6-,8+/m1/s1. The summed E-state index contributed by atoms with van der Waals surface area (Å²) >= 11 is 0. The van der Waals surface area contributed by atoms with Gasteiger partial charge in [-0.1, -0.05) is 0 Å². The maximum Gasteiger partial charge on any atom is 0.333 e.